The van der Waals surface area contributed by atoms with Gasteiger partial charge in [0.25, 0.3) is 5.56 Å². The maximum absolute atomic E-state index is 13.7. The number of aromatic nitrogens is 4. The molecular formula is C51H70N7O8PSi. The van der Waals surface area contributed by atoms with Crippen LogP contribution < -0.4 is 20.3 Å². The molecule has 1 amide bonds. The summed E-state index contributed by atoms with van der Waals surface area (Å²) in [6, 6.07) is 28.4. The number of benzene rings is 3. The first-order chi connectivity index (χ1) is 32.3. The molecule has 15 nitrogen and oxygen atoms in total. The number of H-pyrrole nitrogens is 1. The summed E-state index contributed by atoms with van der Waals surface area (Å²) in [5.74, 6) is 0.330. The van der Waals surface area contributed by atoms with Crippen LogP contribution in [0.4, 0.5) is 5.95 Å². The Bertz CT molecular complexity index is 2480. The highest BCUT2D eigenvalue weighted by Crippen LogP contribution is 2.54. The van der Waals surface area contributed by atoms with Gasteiger partial charge in [0.05, 0.1) is 52.4 Å². The van der Waals surface area contributed by atoms with Crippen molar-refractivity contribution in [1.82, 2.24) is 24.2 Å². The standard InChI is InChI=1S/C51H70N7O8PSi/c1-33(2)46(59)55-49-54-45-43(47(60)56-49)53-32-57(45)48-41(31-67(64-29-17-28-52)58(34(3)4)35(5)6)44(66-68(12,13)50(7,8)9)42(65-48)30-63-51(36-18-15-14-16-19-36,37-20-24-39(61-10)25-21-37)38-22-26-40(62-11)27-23-38/h14-16,18-27,32-35,41-42,44,48H,17,29-31H2,1-13H3,(H2,54,55,56,59,60)/t41?,42-,44?,48-,67?/m1/s1. The Morgan fingerprint density at radius 2 is 1.50 bits per heavy atom. The first kappa shape index (κ1) is 52.4. The molecule has 3 heterocycles. The molecule has 1 saturated heterocycles. The number of nitrogens with one attached hydrogen (secondary N) is 2. The Hall–Kier alpha value is -4.98. The molecule has 1 aliphatic heterocycles. The van der Waals surface area contributed by atoms with Gasteiger partial charge in [0.2, 0.25) is 11.9 Å². The smallest absolute Gasteiger partial charge is 0.280 e. The minimum atomic E-state index is -2.61. The molecule has 2 aromatic heterocycles. The third-order valence-electron chi connectivity index (χ3n) is 13.0. The van der Waals surface area contributed by atoms with Gasteiger partial charge in [-0.3, -0.25) is 29.1 Å². The first-order valence-corrected chi connectivity index (χ1v) is 27.7. The van der Waals surface area contributed by atoms with Gasteiger partial charge >= 0.3 is 0 Å². The summed E-state index contributed by atoms with van der Waals surface area (Å²) in [6.07, 6.45) is 0.210. The van der Waals surface area contributed by atoms with E-state index >= 15 is 0 Å². The lowest BCUT2D eigenvalue weighted by Crippen LogP contribution is -2.50. The monoisotopic (exact) mass is 967 g/mol. The van der Waals surface area contributed by atoms with Gasteiger partial charge in [-0.25, -0.2) is 4.98 Å². The highest BCUT2D eigenvalue weighted by molar-refractivity contribution is 7.50. The van der Waals surface area contributed by atoms with E-state index in [0.29, 0.717) is 17.7 Å². The summed E-state index contributed by atoms with van der Waals surface area (Å²) < 4.78 is 44.8. The van der Waals surface area contributed by atoms with Gasteiger partial charge in [-0.05, 0) is 86.8 Å². The van der Waals surface area contributed by atoms with E-state index in [2.05, 4.69) is 99.7 Å². The molecule has 5 atom stereocenters. The number of ether oxygens (including phenoxy) is 4. The minimum absolute atomic E-state index is 0.00552. The Morgan fingerprint density at radius 1 is 0.926 bits per heavy atom. The normalized spacial score (nSPS) is 18.4. The van der Waals surface area contributed by atoms with E-state index in [-0.39, 0.29) is 65.7 Å². The molecule has 5 aromatic rings. The van der Waals surface area contributed by atoms with Crippen molar-refractivity contribution >= 4 is 39.6 Å². The van der Waals surface area contributed by atoms with Gasteiger partial charge in [-0.15, -0.1) is 0 Å². The average molecular weight is 968 g/mol. The fourth-order valence-electron chi connectivity index (χ4n) is 8.49. The van der Waals surface area contributed by atoms with Crippen LogP contribution in [0, 0.1) is 23.2 Å². The second-order valence-corrected chi connectivity index (χ2v) is 26.2. The van der Waals surface area contributed by atoms with Crippen molar-refractivity contribution in [1.29, 1.82) is 5.26 Å². The van der Waals surface area contributed by atoms with Crippen LogP contribution in [-0.4, -0.2) is 96.3 Å². The SMILES string of the molecule is COc1ccc(C(OC[C@H]2O[C@@H](n3cnc4c(=O)[nH]c(NC(=O)C(C)C)nc43)C(CP(OCCC#N)N(C(C)C)C(C)C)C2O[Si](C)(C)C(C)(C)C)(c2ccccc2)c2ccc(OC)cc2)cc1. The van der Waals surface area contributed by atoms with Crippen LogP contribution in [0.25, 0.3) is 11.2 Å². The Labute approximate surface area is 403 Å². The van der Waals surface area contributed by atoms with Crippen molar-refractivity contribution < 1.29 is 32.7 Å². The van der Waals surface area contributed by atoms with Crippen LogP contribution in [0.2, 0.25) is 18.1 Å². The molecular weight excluding hydrogens is 898 g/mol. The van der Waals surface area contributed by atoms with Crippen LogP contribution in [0.15, 0.2) is 90.0 Å². The molecule has 68 heavy (non-hydrogen) atoms. The average Bonchev–Trinajstić information content (AvgIpc) is 3.87. The van der Waals surface area contributed by atoms with Crippen LogP contribution in [0.5, 0.6) is 11.5 Å². The van der Waals surface area contributed by atoms with Crippen molar-refractivity contribution in [3.8, 4) is 17.6 Å². The van der Waals surface area contributed by atoms with Crippen molar-refractivity contribution in [2.75, 3.05) is 38.9 Å². The second-order valence-electron chi connectivity index (χ2n) is 19.6. The Morgan fingerprint density at radius 3 is 2.01 bits per heavy atom. The van der Waals surface area contributed by atoms with E-state index in [0.717, 1.165) is 16.7 Å². The van der Waals surface area contributed by atoms with Gasteiger partial charge in [0.15, 0.2) is 19.5 Å². The van der Waals surface area contributed by atoms with Crippen molar-refractivity contribution in [2.45, 2.75) is 123 Å². The van der Waals surface area contributed by atoms with Gasteiger partial charge < -0.3 is 27.9 Å². The molecule has 17 heteroatoms. The molecule has 0 radical (unpaired) electrons. The van der Waals surface area contributed by atoms with E-state index in [1.165, 1.54) is 0 Å². The third-order valence-corrected chi connectivity index (χ3v) is 20.1. The maximum Gasteiger partial charge on any atom is 0.280 e. The molecule has 0 spiro atoms. The fourth-order valence-corrected chi connectivity index (χ4v) is 12.4. The number of nitriles is 1. The minimum Gasteiger partial charge on any atom is -0.497 e. The number of rotatable bonds is 21. The molecule has 0 bridgehead atoms. The van der Waals surface area contributed by atoms with Gasteiger partial charge in [0, 0.05) is 30.1 Å². The molecule has 2 N–H and O–H groups in total. The number of methoxy groups -OCH3 is 2. The number of hydrogen-bond acceptors (Lipinski definition) is 12. The number of anilines is 1. The summed E-state index contributed by atoms with van der Waals surface area (Å²) in [5.41, 5.74) is 1.28. The molecule has 366 valence electrons. The predicted molar refractivity (Wildman–Crippen MR) is 269 cm³/mol. The number of carbonyl (C=O) groups is 1. The van der Waals surface area contributed by atoms with E-state index in [1.54, 1.807) is 39.0 Å². The van der Waals surface area contributed by atoms with Crippen molar-refractivity contribution in [3.63, 3.8) is 0 Å². The maximum atomic E-state index is 13.7. The van der Waals surface area contributed by atoms with E-state index in [4.69, 9.17) is 32.9 Å². The molecule has 3 unspecified atom stereocenters. The van der Waals surface area contributed by atoms with Gasteiger partial charge in [0.1, 0.15) is 37.7 Å². The van der Waals surface area contributed by atoms with Crippen LogP contribution in [-0.2, 0) is 28.8 Å². The third kappa shape index (κ3) is 11.4. The van der Waals surface area contributed by atoms with Crippen molar-refractivity contribution in [2.24, 2.45) is 11.8 Å². The van der Waals surface area contributed by atoms with E-state index in [9.17, 15) is 14.9 Å². The lowest BCUT2D eigenvalue weighted by Gasteiger charge is -2.43. The zero-order chi connectivity index (χ0) is 49.6. The largest absolute Gasteiger partial charge is 0.497 e. The molecule has 0 aliphatic carbocycles. The summed E-state index contributed by atoms with van der Waals surface area (Å²) in [7, 11) is -0.691. The van der Waals surface area contributed by atoms with Crippen LogP contribution in [0.3, 0.4) is 0 Å². The predicted octanol–water partition coefficient (Wildman–Crippen LogP) is 10.0. The number of carbonyl (C=O) groups excluding carboxylic acids is 1. The first-order valence-electron chi connectivity index (χ1n) is 23.4. The van der Waals surface area contributed by atoms with Crippen molar-refractivity contribution in [3.05, 3.63) is 112 Å². The number of fused-ring (bicyclic) bond motifs is 1. The summed E-state index contributed by atoms with van der Waals surface area (Å²) >= 11 is 0. The highest BCUT2D eigenvalue weighted by Gasteiger charge is 2.53. The Balaban J connectivity index is 1.58. The Kier molecular flexibility index (Phi) is 17.1. The number of nitrogens with zero attached hydrogens (tertiary/aromatic N) is 5. The topological polar surface area (TPSA) is 175 Å². The number of aromatic amines is 1. The lowest BCUT2D eigenvalue weighted by molar-refractivity contribution is -0.118. The van der Waals surface area contributed by atoms with Crippen LogP contribution in [0.1, 0.15) is 91.7 Å². The second kappa shape index (κ2) is 22.2. The van der Waals surface area contributed by atoms with Crippen LogP contribution >= 0.6 is 8.30 Å². The number of hydrogen-bond donors (Lipinski definition) is 2. The molecule has 6 rings (SSSR count). The quantitative estimate of drug-likeness (QED) is 0.0309. The van der Waals surface area contributed by atoms with Gasteiger partial charge in [-0.2, -0.15) is 10.2 Å². The number of amides is 1. The van der Waals surface area contributed by atoms with E-state index in [1.807, 2.05) is 66.7 Å². The fraction of sp³-hybridized carbons (Fsp3) is 0.510. The molecule has 0 saturated carbocycles. The lowest BCUT2D eigenvalue weighted by atomic mass is 9.80. The summed E-state index contributed by atoms with van der Waals surface area (Å²) in [4.78, 5) is 38.7. The van der Waals surface area contributed by atoms with E-state index < -0.39 is 52.1 Å². The van der Waals surface area contributed by atoms with Gasteiger partial charge in [-0.1, -0.05) is 89.2 Å². The summed E-state index contributed by atoms with van der Waals surface area (Å²) in [5, 5.41) is 12.2. The molecule has 3 aromatic carbocycles. The number of imidazole rings is 1. The zero-order valence-electron chi connectivity index (χ0n) is 41.9. The molecule has 1 fully saturated rings. The highest BCUT2D eigenvalue weighted by atomic mass is 31.2. The summed E-state index contributed by atoms with van der Waals surface area (Å²) in [6.45, 7) is 23.6. The zero-order valence-corrected chi connectivity index (χ0v) is 43.8. The molecule has 1 aliphatic rings.